The minimum Gasteiger partial charge on any atom is -0.243 e. The van der Waals surface area contributed by atoms with Crippen molar-refractivity contribution in [2.75, 3.05) is 6.54 Å². The Kier molecular flexibility index (Phi) is 7.19. The monoisotopic (exact) mass is 544 g/mol. The molecule has 0 aliphatic rings. The summed E-state index contributed by atoms with van der Waals surface area (Å²) in [5.41, 5.74) is 2.08. The predicted octanol–water partition coefficient (Wildman–Crippen LogP) is 4.61. The Labute approximate surface area is 221 Å². The van der Waals surface area contributed by atoms with E-state index in [1.807, 2.05) is 36.4 Å². The number of aromatic nitrogens is 3. The maximum atomic E-state index is 13.9. The molecule has 1 atom stereocenters. The number of nitrogens with zero attached hydrogens (tertiary/aromatic N) is 4. The maximum absolute atomic E-state index is 13.9. The van der Waals surface area contributed by atoms with Crippen molar-refractivity contribution >= 4 is 20.0 Å². The van der Waals surface area contributed by atoms with Crippen molar-refractivity contribution in [3.8, 4) is 11.3 Å². The molecule has 5 rings (SSSR count). The first-order valence-electron chi connectivity index (χ1n) is 11.8. The summed E-state index contributed by atoms with van der Waals surface area (Å²) in [4.78, 5) is -0.259. The van der Waals surface area contributed by atoms with E-state index >= 15 is 0 Å². The molecule has 0 bridgehead atoms. The lowest BCUT2D eigenvalue weighted by molar-refractivity contribution is 0.421. The average Bonchev–Trinajstić information content (AvgIpc) is 3.45. The summed E-state index contributed by atoms with van der Waals surface area (Å²) in [6, 6.07) is 32.7. The Morgan fingerprint density at radius 1 is 0.632 bits per heavy atom. The van der Waals surface area contributed by atoms with Crippen molar-refractivity contribution in [2.24, 2.45) is 0 Å². The largest absolute Gasteiger partial charge is 0.256 e. The zero-order valence-electron chi connectivity index (χ0n) is 20.1. The summed E-state index contributed by atoms with van der Waals surface area (Å²) in [7, 11) is -8.96. The van der Waals surface area contributed by atoms with Crippen molar-refractivity contribution in [3.05, 3.63) is 133 Å². The molecule has 4 aromatic carbocycles. The van der Waals surface area contributed by atoms with Crippen molar-refractivity contribution in [1.82, 2.24) is 18.7 Å². The normalized spacial score (nSPS) is 12.9. The van der Waals surface area contributed by atoms with Crippen molar-refractivity contribution in [2.45, 2.75) is 15.8 Å². The standard InChI is InChI=1S/C28H24N4O4S2/c33-37(34,25-17-9-3-10-18-25)32(38(35,36)26-19-11-4-12-20-26)22-28(24-15-7-2-8-16-24)31-21-27(29-30-31)23-13-5-1-6-14-23/h1-21,28H,22H2. The minimum atomic E-state index is -4.48. The molecule has 0 aliphatic carbocycles. The van der Waals surface area contributed by atoms with Crippen LogP contribution in [0.4, 0.5) is 0 Å². The Morgan fingerprint density at radius 2 is 1.08 bits per heavy atom. The van der Waals surface area contributed by atoms with E-state index in [0.29, 0.717) is 15.0 Å². The SMILES string of the molecule is O=S(=O)(c1ccccc1)N(CC(c1ccccc1)n1cc(-c2ccccc2)nn1)S(=O)(=O)c1ccccc1. The van der Waals surface area contributed by atoms with E-state index in [-0.39, 0.29) is 9.79 Å². The highest BCUT2D eigenvalue weighted by molar-refractivity contribution is 8.04. The van der Waals surface area contributed by atoms with E-state index in [9.17, 15) is 16.8 Å². The smallest absolute Gasteiger partial charge is 0.243 e. The molecule has 0 aliphatic heterocycles. The number of hydrogen-bond acceptors (Lipinski definition) is 6. The molecule has 0 spiro atoms. The molecule has 8 nitrogen and oxygen atoms in total. The molecule has 1 aromatic heterocycles. The minimum absolute atomic E-state index is 0.130. The van der Waals surface area contributed by atoms with Crippen molar-refractivity contribution in [3.63, 3.8) is 0 Å². The first-order chi connectivity index (χ1) is 18.4. The van der Waals surface area contributed by atoms with Crippen LogP contribution in [0.5, 0.6) is 0 Å². The Bertz CT molecular complexity index is 1640. The van der Waals surface area contributed by atoms with E-state index in [0.717, 1.165) is 5.56 Å². The second-order valence-corrected chi connectivity index (χ2v) is 12.4. The molecule has 10 heteroatoms. The Hall–Kier alpha value is -4.12. The van der Waals surface area contributed by atoms with Gasteiger partial charge in [0.15, 0.2) is 0 Å². The molecule has 38 heavy (non-hydrogen) atoms. The summed E-state index contributed by atoms with van der Waals surface area (Å²) < 4.78 is 57.6. The van der Waals surface area contributed by atoms with Crippen LogP contribution >= 0.6 is 0 Å². The average molecular weight is 545 g/mol. The molecule has 0 radical (unpaired) electrons. The maximum Gasteiger partial charge on any atom is 0.256 e. The lowest BCUT2D eigenvalue weighted by atomic mass is 10.1. The van der Waals surface area contributed by atoms with Gasteiger partial charge in [-0.3, -0.25) is 0 Å². The van der Waals surface area contributed by atoms with Crippen LogP contribution in [0.2, 0.25) is 0 Å². The first-order valence-corrected chi connectivity index (χ1v) is 14.7. The summed E-state index contributed by atoms with van der Waals surface area (Å²) in [6.45, 7) is -0.434. The second-order valence-electron chi connectivity index (χ2n) is 8.47. The van der Waals surface area contributed by atoms with Gasteiger partial charge in [0.2, 0.25) is 0 Å². The summed E-state index contributed by atoms with van der Waals surface area (Å²) >= 11 is 0. The Morgan fingerprint density at radius 3 is 1.58 bits per heavy atom. The van der Waals surface area contributed by atoms with Gasteiger partial charge in [-0.1, -0.05) is 106 Å². The summed E-state index contributed by atoms with van der Waals surface area (Å²) in [5.74, 6) is 0. The van der Waals surface area contributed by atoms with Crippen LogP contribution in [0.25, 0.3) is 11.3 Å². The van der Waals surface area contributed by atoms with E-state index in [1.165, 1.54) is 28.9 Å². The third-order valence-corrected chi connectivity index (χ3v) is 10.3. The van der Waals surface area contributed by atoms with Gasteiger partial charge in [0, 0.05) is 5.56 Å². The van der Waals surface area contributed by atoms with Gasteiger partial charge in [0.25, 0.3) is 20.0 Å². The number of hydrogen-bond donors (Lipinski definition) is 0. The van der Waals surface area contributed by atoms with Gasteiger partial charge in [0.1, 0.15) is 5.69 Å². The van der Waals surface area contributed by atoms with Crippen LogP contribution in [0.3, 0.4) is 0 Å². The van der Waals surface area contributed by atoms with Gasteiger partial charge < -0.3 is 0 Å². The van der Waals surface area contributed by atoms with E-state index in [1.54, 1.807) is 66.9 Å². The predicted molar refractivity (Wildman–Crippen MR) is 144 cm³/mol. The fraction of sp³-hybridized carbons (Fsp3) is 0.0714. The van der Waals surface area contributed by atoms with Crippen LogP contribution in [0.1, 0.15) is 11.6 Å². The lowest BCUT2D eigenvalue weighted by Gasteiger charge is -2.27. The summed E-state index contributed by atoms with van der Waals surface area (Å²) in [5, 5.41) is 8.56. The highest BCUT2D eigenvalue weighted by Gasteiger charge is 2.39. The quantitative estimate of drug-likeness (QED) is 0.268. The number of benzene rings is 4. The fourth-order valence-electron chi connectivity index (χ4n) is 4.07. The van der Waals surface area contributed by atoms with Crippen LogP contribution in [0, 0.1) is 0 Å². The molecule has 1 heterocycles. The van der Waals surface area contributed by atoms with Crippen LogP contribution < -0.4 is 0 Å². The highest BCUT2D eigenvalue weighted by Crippen LogP contribution is 2.30. The van der Waals surface area contributed by atoms with Gasteiger partial charge in [0.05, 0.1) is 28.6 Å². The van der Waals surface area contributed by atoms with Crippen LogP contribution in [0.15, 0.2) is 137 Å². The first kappa shape index (κ1) is 25.5. The molecule has 0 saturated carbocycles. The zero-order chi connectivity index (χ0) is 26.6. The third kappa shape index (κ3) is 5.14. The zero-order valence-corrected chi connectivity index (χ0v) is 21.8. The molecule has 0 saturated heterocycles. The second kappa shape index (κ2) is 10.7. The molecule has 192 valence electrons. The molecule has 0 amide bonds. The van der Waals surface area contributed by atoms with E-state index < -0.39 is 32.6 Å². The van der Waals surface area contributed by atoms with E-state index in [2.05, 4.69) is 10.3 Å². The van der Waals surface area contributed by atoms with Gasteiger partial charge in [-0.25, -0.2) is 21.5 Å². The third-order valence-electron chi connectivity index (χ3n) is 6.02. The molecule has 0 fully saturated rings. The van der Waals surface area contributed by atoms with Gasteiger partial charge in [-0.2, -0.15) is 0 Å². The number of rotatable bonds is 9. The molecule has 1 unspecified atom stereocenters. The van der Waals surface area contributed by atoms with E-state index in [4.69, 9.17) is 0 Å². The van der Waals surface area contributed by atoms with Gasteiger partial charge in [-0.15, -0.1) is 5.10 Å². The van der Waals surface area contributed by atoms with Gasteiger partial charge >= 0.3 is 0 Å². The fourth-order valence-corrected chi connectivity index (χ4v) is 7.77. The Balaban J connectivity index is 1.65. The molecule has 0 N–H and O–H groups in total. The molecular weight excluding hydrogens is 520 g/mol. The van der Waals surface area contributed by atoms with Crippen molar-refractivity contribution < 1.29 is 16.8 Å². The van der Waals surface area contributed by atoms with Crippen LogP contribution in [-0.4, -0.2) is 42.1 Å². The van der Waals surface area contributed by atoms with Crippen LogP contribution in [-0.2, 0) is 20.0 Å². The summed E-state index contributed by atoms with van der Waals surface area (Å²) in [6.07, 6.45) is 1.69. The number of sulfonamides is 2. The molecule has 5 aromatic rings. The molecular formula is C28H24N4O4S2. The van der Waals surface area contributed by atoms with Crippen molar-refractivity contribution in [1.29, 1.82) is 0 Å². The lowest BCUT2D eigenvalue weighted by Crippen LogP contribution is -2.41. The highest BCUT2D eigenvalue weighted by atomic mass is 32.3. The topological polar surface area (TPSA) is 102 Å². The van der Waals surface area contributed by atoms with Gasteiger partial charge in [-0.05, 0) is 29.8 Å².